The third-order valence-corrected chi connectivity index (χ3v) is 4.31. The molecule has 2 heterocycles. The molecule has 6 heteroatoms. The fraction of sp³-hybridized carbons (Fsp3) is 0.333. The molecule has 0 bridgehead atoms. The lowest BCUT2D eigenvalue weighted by atomic mass is 10.2. The second-order valence-corrected chi connectivity index (χ2v) is 6.08. The fourth-order valence-electron chi connectivity index (χ4n) is 1.82. The molecule has 0 saturated carbocycles. The first kappa shape index (κ1) is 15.8. The van der Waals surface area contributed by atoms with Crippen LogP contribution >= 0.6 is 22.9 Å². The minimum absolute atomic E-state index is 0.0332. The molecular formula is C15H18ClN3OS. The Morgan fingerprint density at radius 2 is 2.33 bits per heavy atom. The smallest absolute Gasteiger partial charge is 0.253 e. The largest absolute Gasteiger partial charge is 0.369 e. The Kier molecular flexibility index (Phi) is 5.59. The van der Waals surface area contributed by atoms with Gasteiger partial charge in [-0.15, -0.1) is 11.3 Å². The Balaban J connectivity index is 2.04. The first-order valence-electron chi connectivity index (χ1n) is 6.85. The Hall–Kier alpha value is -1.59. The Morgan fingerprint density at radius 3 is 2.95 bits per heavy atom. The van der Waals surface area contributed by atoms with Crippen LogP contribution in [0.1, 0.15) is 41.5 Å². The molecule has 4 nitrogen and oxygen atoms in total. The van der Waals surface area contributed by atoms with E-state index in [0.29, 0.717) is 16.4 Å². The Bertz CT molecular complexity index is 601. The number of halogens is 1. The number of anilines is 1. The number of pyridine rings is 1. The van der Waals surface area contributed by atoms with E-state index in [1.165, 1.54) is 0 Å². The van der Waals surface area contributed by atoms with Crippen LogP contribution in [0, 0.1) is 0 Å². The Labute approximate surface area is 133 Å². The molecule has 0 spiro atoms. The van der Waals surface area contributed by atoms with Gasteiger partial charge in [0.25, 0.3) is 5.91 Å². The van der Waals surface area contributed by atoms with E-state index in [4.69, 9.17) is 11.6 Å². The normalized spacial score (nSPS) is 12.0. The van der Waals surface area contributed by atoms with Gasteiger partial charge in [-0.05, 0) is 30.9 Å². The summed E-state index contributed by atoms with van der Waals surface area (Å²) in [7, 11) is 0. The van der Waals surface area contributed by atoms with Crippen molar-refractivity contribution in [3.63, 3.8) is 0 Å². The molecule has 0 aliphatic carbocycles. The number of nitrogens with one attached hydrogen (secondary N) is 2. The highest BCUT2D eigenvalue weighted by Gasteiger charge is 2.14. The Morgan fingerprint density at radius 1 is 1.52 bits per heavy atom. The second kappa shape index (κ2) is 7.43. The molecule has 112 valence electrons. The summed E-state index contributed by atoms with van der Waals surface area (Å²) in [5.41, 5.74) is 0.463. The van der Waals surface area contributed by atoms with Crippen LogP contribution in [0.25, 0.3) is 0 Å². The van der Waals surface area contributed by atoms with Crippen molar-refractivity contribution < 1.29 is 4.79 Å². The number of aromatic nitrogens is 1. The predicted octanol–water partition coefficient (Wildman–Crippen LogP) is 4.11. The molecule has 1 amide bonds. The third-order valence-electron chi connectivity index (χ3n) is 2.96. The maximum atomic E-state index is 12.2. The van der Waals surface area contributed by atoms with E-state index in [1.54, 1.807) is 23.6 Å². The second-order valence-electron chi connectivity index (χ2n) is 4.69. The van der Waals surface area contributed by atoms with Crippen molar-refractivity contribution in [2.75, 3.05) is 11.9 Å². The summed E-state index contributed by atoms with van der Waals surface area (Å²) in [6, 6.07) is 5.57. The van der Waals surface area contributed by atoms with Crippen molar-refractivity contribution in [3.8, 4) is 0 Å². The van der Waals surface area contributed by atoms with Crippen LogP contribution in [0.15, 0.2) is 29.8 Å². The lowest BCUT2D eigenvalue weighted by molar-refractivity contribution is 0.0940. The quantitative estimate of drug-likeness (QED) is 0.841. The molecule has 21 heavy (non-hydrogen) atoms. The number of amides is 1. The van der Waals surface area contributed by atoms with Gasteiger partial charge in [0.05, 0.1) is 16.6 Å². The molecule has 1 atom stereocenters. The molecule has 2 aromatic heterocycles. The summed E-state index contributed by atoms with van der Waals surface area (Å²) >= 11 is 7.76. The summed E-state index contributed by atoms with van der Waals surface area (Å²) in [6.45, 7) is 4.82. The first-order chi connectivity index (χ1) is 10.1. The average Bonchev–Trinajstić information content (AvgIpc) is 3.00. The van der Waals surface area contributed by atoms with Crippen molar-refractivity contribution in [1.29, 1.82) is 0 Å². The van der Waals surface area contributed by atoms with Crippen molar-refractivity contribution in [3.05, 3.63) is 45.2 Å². The SMILES string of the molecule is CCCNc1ncc(C(=O)NC(C)c2cccs2)cc1Cl. The molecule has 0 aromatic carbocycles. The topological polar surface area (TPSA) is 54.0 Å². The number of hydrogen-bond donors (Lipinski definition) is 2. The molecule has 2 N–H and O–H groups in total. The number of nitrogens with zero attached hydrogens (tertiary/aromatic N) is 1. The van der Waals surface area contributed by atoms with E-state index in [1.807, 2.05) is 24.4 Å². The summed E-state index contributed by atoms with van der Waals surface area (Å²) in [5, 5.41) is 8.51. The van der Waals surface area contributed by atoms with Crippen molar-refractivity contribution >= 4 is 34.7 Å². The van der Waals surface area contributed by atoms with Crippen LogP contribution in [-0.2, 0) is 0 Å². The standard InChI is InChI=1S/C15H18ClN3OS/c1-3-6-17-14-12(16)8-11(9-18-14)15(20)19-10(2)13-5-4-7-21-13/h4-5,7-10H,3,6H2,1-2H3,(H,17,18)(H,19,20). The zero-order chi connectivity index (χ0) is 15.2. The molecule has 0 radical (unpaired) electrons. The summed E-state index contributed by atoms with van der Waals surface area (Å²) in [4.78, 5) is 17.5. The molecule has 0 fully saturated rings. The average molecular weight is 324 g/mol. The third kappa shape index (κ3) is 4.19. The van der Waals surface area contributed by atoms with Gasteiger partial charge < -0.3 is 10.6 Å². The number of thiophene rings is 1. The van der Waals surface area contributed by atoms with Gasteiger partial charge in [-0.25, -0.2) is 4.98 Å². The highest BCUT2D eigenvalue weighted by atomic mass is 35.5. The van der Waals surface area contributed by atoms with Gasteiger partial charge in [0.2, 0.25) is 0 Å². The number of carbonyl (C=O) groups excluding carboxylic acids is 1. The molecule has 2 aromatic rings. The van der Waals surface area contributed by atoms with Crippen LogP contribution in [0.5, 0.6) is 0 Å². The summed E-state index contributed by atoms with van der Waals surface area (Å²) in [5.74, 6) is 0.439. The van der Waals surface area contributed by atoms with Gasteiger partial charge in [-0.1, -0.05) is 24.6 Å². The van der Waals surface area contributed by atoms with Gasteiger partial charge in [0, 0.05) is 17.6 Å². The maximum absolute atomic E-state index is 12.2. The van der Waals surface area contributed by atoms with Gasteiger partial charge in [-0.3, -0.25) is 4.79 Å². The van der Waals surface area contributed by atoms with Gasteiger partial charge in [-0.2, -0.15) is 0 Å². The van der Waals surface area contributed by atoms with Crippen LogP contribution in [-0.4, -0.2) is 17.4 Å². The molecule has 1 unspecified atom stereocenters. The number of carbonyl (C=O) groups is 1. The van der Waals surface area contributed by atoms with Crippen LogP contribution in [0.4, 0.5) is 5.82 Å². The minimum atomic E-state index is -0.174. The van der Waals surface area contributed by atoms with Crippen molar-refractivity contribution in [2.45, 2.75) is 26.3 Å². The molecular weight excluding hydrogens is 306 g/mol. The van der Waals surface area contributed by atoms with E-state index in [9.17, 15) is 4.79 Å². The summed E-state index contributed by atoms with van der Waals surface area (Å²) < 4.78 is 0. The lowest BCUT2D eigenvalue weighted by Gasteiger charge is -2.13. The van der Waals surface area contributed by atoms with E-state index < -0.39 is 0 Å². The maximum Gasteiger partial charge on any atom is 0.253 e. The van der Waals surface area contributed by atoms with Crippen LogP contribution in [0.3, 0.4) is 0 Å². The highest BCUT2D eigenvalue weighted by Crippen LogP contribution is 2.22. The van der Waals surface area contributed by atoms with Gasteiger partial charge >= 0.3 is 0 Å². The monoisotopic (exact) mass is 323 g/mol. The first-order valence-corrected chi connectivity index (χ1v) is 8.11. The van der Waals surface area contributed by atoms with Crippen molar-refractivity contribution in [2.24, 2.45) is 0 Å². The highest BCUT2D eigenvalue weighted by molar-refractivity contribution is 7.10. The number of rotatable bonds is 6. The fourth-order valence-corrected chi connectivity index (χ4v) is 2.79. The summed E-state index contributed by atoms with van der Waals surface area (Å²) in [6.07, 6.45) is 2.53. The van der Waals surface area contributed by atoms with Crippen molar-refractivity contribution in [1.82, 2.24) is 10.3 Å². The minimum Gasteiger partial charge on any atom is -0.369 e. The predicted molar refractivity (Wildman–Crippen MR) is 88.2 cm³/mol. The lowest BCUT2D eigenvalue weighted by Crippen LogP contribution is -2.26. The molecule has 0 saturated heterocycles. The van der Waals surface area contributed by atoms with Crippen LogP contribution in [0.2, 0.25) is 5.02 Å². The van der Waals surface area contributed by atoms with Crippen LogP contribution < -0.4 is 10.6 Å². The van der Waals surface area contributed by atoms with E-state index >= 15 is 0 Å². The zero-order valence-electron chi connectivity index (χ0n) is 12.0. The van der Waals surface area contributed by atoms with E-state index in [-0.39, 0.29) is 11.9 Å². The van der Waals surface area contributed by atoms with Gasteiger partial charge in [0.1, 0.15) is 5.82 Å². The van der Waals surface area contributed by atoms with E-state index in [2.05, 4.69) is 22.5 Å². The van der Waals surface area contributed by atoms with Gasteiger partial charge in [0.15, 0.2) is 0 Å². The molecule has 0 aliphatic rings. The molecule has 0 aliphatic heterocycles. The van der Waals surface area contributed by atoms with E-state index in [0.717, 1.165) is 17.8 Å². The molecule has 2 rings (SSSR count). The number of hydrogen-bond acceptors (Lipinski definition) is 4. The zero-order valence-corrected chi connectivity index (χ0v) is 13.6.